The zero-order valence-electron chi connectivity index (χ0n) is 23.6. The summed E-state index contributed by atoms with van der Waals surface area (Å²) in [4.78, 5) is 14.0. The molecule has 224 valence electrons. The first kappa shape index (κ1) is 31.4. The molecule has 6 nitrogen and oxygen atoms in total. The molecule has 0 saturated heterocycles. The zero-order chi connectivity index (χ0) is 30.1. The number of ketones is 1. The molecule has 4 aromatic rings. The number of ether oxygens (including phenoxy) is 4. The molecule has 1 saturated carbocycles. The van der Waals surface area contributed by atoms with E-state index in [1.54, 1.807) is 0 Å². The van der Waals surface area contributed by atoms with Crippen molar-refractivity contribution in [3.8, 4) is 0 Å². The van der Waals surface area contributed by atoms with E-state index in [1.165, 1.54) is 0 Å². The summed E-state index contributed by atoms with van der Waals surface area (Å²) < 4.78 is 22.6. The van der Waals surface area contributed by atoms with Crippen LogP contribution in [0.1, 0.15) is 22.3 Å². The van der Waals surface area contributed by atoms with Crippen LogP contribution in [0, 0.1) is 0 Å². The van der Waals surface area contributed by atoms with Gasteiger partial charge in [-0.2, -0.15) is 0 Å². The molecule has 1 aliphatic carbocycles. The van der Waals surface area contributed by atoms with Gasteiger partial charge in [-0.1, -0.05) is 145 Å². The van der Waals surface area contributed by atoms with Crippen LogP contribution in [-0.2, 0) is 50.2 Å². The predicted octanol–water partition coefficient (Wildman–Crippen LogP) is 6.45. The van der Waals surface area contributed by atoms with E-state index in [-0.39, 0.29) is 26.4 Å². The molecule has 5 rings (SSSR count). The van der Waals surface area contributed by atoms with E-state index in [0.29, 0.717) is 0 Å². The molecule has 4 atom stereocenters. The number of aliphatic hydroxyl groups is 1. The minimum absolute atomic E-state index is 0.0979. The summed E-state index contributed by atoms with van der Waals surface area (Å²) in [5, 5.41) is 12.3. The second-order valence-corrected chi connectivity index (χ2v) is 11.9. The van der Waals surface area contributed by atoms with E-state index in [2.05, 4.69) is 0 Å². The molecule has 0 aromatic heterocycles. The van der Waals surface area contributed by atoms with Crippen molar-refractivity contribution in [3.05, 3.63) is 144 Å². The van der Waals surface area contributed by atoms with E-state index in [0.717, 1.165) is 22.3 Å². The van der Waals surface area contributed by atoms with Crippen molar-refractivity contribution in [2.24, 2.45) is 0 Å². The standard InChI is InChI=1S/C35H34Cl2O6/c36-35(37)32(38)30(41-22-27-15-7-2-8-16-27)31(42-23-28-17-9-3-10-18-28)33(43-24-29-19-11-4-12-20-29)34(35,39)25-40-21-26-13-5-1-6-14-26/h1-20,30-31,33,39H,21-25H2/t30-,31+,33-,34+/m0/s1. The molecular formula is C35H34Cl2O6. The van der Waals surface area contributed by atoms with Crippen LogP contribution in [0.5, 0.6) is 0 Å². The van der Waals surface area contributed by atoms with Gasteiger partial charge in [0.25, 0.3) is 0 Å². The number of hydrogen-bond donors (Lipinski definition) is 1. The number of hydrogen-bond acceptors (Lipinski definition) is 6. The number of carbonyl (C=O) groups excluding carboxylic acids is 1. The van der Waals surface area contributed by atoms with E-state index in [4.69, 9.17) is 42.1 Å². The molecule has 43 heavy (non-hydrogen) atoms. The summed E-state index contributed by atoms with van der Waals surface area (Å²) in [6.45, 7) is 0.0995. The van der Waals surface area contributed by atoms with Gasteiger partial charge in [0, 0.05) is 0 Å². The lowest BCUT2D eigenvalue weighted by atomic mass is 9.76. The Morgan fingerprint density at radius 3 is 1.44 bits per heavy atom. The maximum absolute atomic E-state index is 14.0. The van der Waals surface area contributed by atoms with Gasteiger partial charge in [-0.25, -0.2) is 0 Å². The number of alkyl halides is 2. The molecule has 0 heterocycles. The maximum atomic E-state index is 14.0. The monoisotopic (exact) mass is 620 g/mol. The molecule has 0 amide bonds. The number of Topliss-reactive ketones (excluding diaryl/α,β-unsaturated/α-hetero) is 1. The summed E-state index contributed by atoms with van der Waals surface area (Å²) >= 11 is 13.6. The van der Waals surface area contributed by atoms with Gasteiger partial charge >= 0.3 is 0 Å². The molecule has 0 spiro atoms. The van der Waals surface area contributed by atoms with E-state index in [1.807, 2.05) is 121 Å². The van der Waals surface area contributed by atoms with Gasteiger partial charge in [-0.3, -0.25) is 4.79 Å². The second-order valence-electron chi connectivity index (χ2n) is 10.5. The van der Waals surface area contributed by atoms with Gasteiger partial charge in [-0.15, -0.1) is 0 Å². The second kappa shape index (κ2) is 14.6. The highest BCUT2D eigenvalue weighted by molar-refractivity contribution is 6.60. The van der Waals surface area contributed by atoms with Crippen molar-refractivity contribution < 1.29 is 28.8 Å². The summed E-state index contributed by atoms with van der Waals surface area (Å²) in [5.74, 6) is -0.727. The molecule has 0 unspecified atom stereocenters. The normalized spacial score (nSPS) is 23.2. The summed E-state index contributed by atoms with van der Waals surface area (Å²) in [6, 6.07) is 37.9. The summed E-state index contributed by atoms with van der Waals surface area (Å²) in [6.07, 6.45) is -3.52. The molecule has 4 aromatic carbocycles. The molecule has 0 radical (unpaired) electrons. The number of rotatable bonds is 13. The Hall–Kier alpha value is -3.07. The van der Waals surface area contributed by atoms with Crippen molar-refractivity contribution in [3.63, 3.8) is 0 Å². The highest BCUT2D eigenvalue weighted by Gasteiger charge is 2.68. The number of halogens is 2. The van der Waals surface area contributed by atoms with Crippen LogP contribution in [0.4, 0.5) is 0 Å². The van der Waals surface area contributed by atoms with Crippen molar-refractivity contribution in [2.75, 3.05) is 6.61 Å². The number of benzene rings is 4. The van der Waals surface area contributed by atoms with Crippen molar-refractivity contribution in [1.82, 2.24) is 0 Å². The third-order valence-electron chi connectivity index (χ3n) is 7.44. The topological polar surface area (TPSA) is 74.2 Å². The Bertz CT molecular complexity index is 1420. The van der Waals surface area contributed by atoms with Crippen LogP contribution < -0.4 is 0 Å². The van der Waals surface area contributed by atoms with Crippen molar-refractivity contribution in [2.45, 2.75) is 54.7 Å². The minimum atomic E-state index is -2.33. The largest absolute Gasteiger partial charge is 0.381 e. The van der Waals surface area contributed by atoms with Gasteiger partial charge < -0.3 is 24.1 Å². The Kier molecular flexibility index (Phi) is 10.6. The van der Waals surface area contributed by atoms with E-state index < -0.39 is 40.6 Å². The first-order valence-corrected chi connectivity index (χ1v) is 14.9. The van der Waals surface area contributed by atoms with Gasteiger partial charge in [0.05, 0.1) is 33.0 Å². The van der Waals surface area contributed by atoms with Gasteiger partial charge in [0.1, 0.15) is 18.3 Å². The first-order chi connectivity index (χ1) is 20.9. The Morgan fingerprint density at radius 2 is 0.977 bits per heavy atom. The Morgan fingerprint density at radius 1 is 0.581 bits per heavy atom. The lowest BCUT2D eigenvalue weighted by Crippen LogP contribution is -2.74. The predicted molar refractivity (Wildman–Crippen MR) is 166 cm³/mol. The molecule has 0 aliphatic heterocycles. The highest BCUT2D eigenvalue weighted by atomic mass is 35.5. The molecular weight excluding hydrogens is 587 g/mol. The van der Waals surface area contributed by atoms with Crippen LogP contribution in [-0.4, -0.2) is 45.7 Å². The van der Waals surface area contributed by atoms with Gasteiger partial charge in [-0.05, 0) is 22.3 Å². The summed E-state index contributed by atoms with van der Waals surface area (Å²) in [7, 11) is 0. The molecule has 0 bridgehead atoms. The fourth-order valence-electron chi connectivity index (χ4n) is 5.09. The van der Waals surface area contributed by atoms with Crippen molar-refractivity contribution in [1.29, 1.82) is 0 Å². The van der Waals surface area contributed by atoms with Crippen LogP contribution in [0.15, 0.2) is 121 Å². The zero-order valence-corrected chi connectivity index (χ0v) is 25.1. The average molecular weight is 622 g/mol. The van der Waals surface area contributed by atoms with Crippen LogP contribution in [0.3, 0.4) is 0 Å². The average Bonchev–Trinajstić information content (AvgIpc) is 3.04. The molecule has 1 N–H and O–H groups in total. The smallest absolute Gasteiger partial charge is 0.211 e. The van der Waals surface area contributed by atoms with Crippen LogP contribution in [0.2, 0.25) is 0 Å². The Labute approximate surface area is 262 Å². The fourth-order valence-corrected chi connectivity index (χ4v) is 5.63. The SMILES string of the molecule is O=C1[C@@H](OCc2ccccc2)[C@@H](OCc2ccccc2)[C@H](OCc2ccccc2)[C@](O)(COCc2ccccc2)C1(Cl)Cl. The third kappa shape index (κ3) is 7.54. The third-order valence-corrected chi connectivity index (χ3v) is 8.47. The minimum Gasteiger partial charge on any atom is -0.381 e. The van der Waals surface area contributed by atoms with E-state index >= 15 is 0 Å². The Balaban J connectivity index is 1.48. The molecule has 8 heteroatoms. The summed E-state index contributed by atoms with van der Waals surface area (Å²) in [5.41, 5.74) is 1.26. The van der Waals surface area contributed by atoms with Gasteiger partial charge in [0.2, 0.25) is 10.1 Å². The molecule has 1 aliphatic rings. The first-order valence-electron chi connectivity index (χ1n) is 14.1. The highest BCUT2D eigenvalue weighted by Crippen LogP contribution is 2.47. The van der Waals surface area contributed by atoms with Crippen molar-refractivity contribution >= 4 is 29.0 Å². The lowest BCUT2D eigenvalue weighted by molar-refractivity contribution is -0.243. The van der Waals surface area contributed by atoms with Crippen LogP contribution >= 0.6 is 23.2 Å². The quantitative estimate of drug-likeness (QED) is 0.173. The lowest BCUT2D eigenvalue weighted by Gasteiger charge is -2.51. The molecule has 1 fully saturated rings. The van der Waals surface area contributed by atoms with E-state index in [9.17, 15) is 9.90 Å². The van der Waals surface area contributed by atoms with Crippen LogP contribution in [0.25, 0.3) is 0 Å². The number of carbonyl (C=O) groups is 1. The maximum Gasteiger partial charge on any atom is 0.211 e. The van der Waals surface area contributed by atoms with Gasteiger partial charge in [0.15, 0.2) is 5.60 Å². The fraction of sp³-hybridized carbons (Fsp3) is 0.286.